The summed E-state index contributed by atoms with van der Waals surface area (Å²) < 4.78 is 1.53. The number of aromatic nitrogens is 4. The fourth-order valence-corrected chi connectivity index (χ4v) is 2.26. The van der Waals surface area contributed by atoms with Crippen LogP contribution in [-0.2, 0) is 17.8 Å². The zero-order valence-corrected chi connectivity index (χ0v) is 12.3. The van der Waals surface area contributed by atoms with E-state index in [0.29, 0.717) is 18.7 Å². The molecule has 0 fully saturated rings. The third-order valence-electron chi connectivity index (χ3n) is 3.59. The Hall–Kier alpha value is -2.44. The standard InChI is InChI=1S/C14H18N4O3/c1-8(13(19)20)4-12-9(2)17-14(21)18(10(12)3)6-11-5-15-7-16-11/h5,7-8H,4,6H2,1-3H3,(H,15,16)(H,19,20). The SMILES string of the molecule is Cc1nc(=O)n(Cc2cnc[nH]2)c(C)c1CC(C)C(=O)O. The van der Waals surface area contributed by atoms with Crippen LogP contribution in [-0.4, -0.2) is 30.6 Å². The van der Waals surface area contributed by atoms with Gasteiger partial charge in [-0.15, -0.1) is 0 Å². The van der Waals surface area contributed by atoms with Crippen molar-refractivity contribution < 1.29 is 9.90 Å². The Balaban J connectivity index is 2.42. The van der Waals surface area contributed by atoms with Crippen LogP contribution >= 0.6 is 0 Å². The topological polar surface area (TPSA) is 101 Å². The Kier molecular flexibility index (Phi) is 4.21. The normalized spacial score (nSPS) is 12.3. The van der Waals surface area contributed by atoms with Crippen molar-refractivity contribution in [1.29, 1.82) is 0 Å². The lowest BCUT2D eigenvalue weighted by molar-refractivity contribution is -0.141. The molecule has 1 unspecified atom stereocenters. The van der Waals surface area contributed by atoms with E-state index in [1.54, 1.807) is 26.4 Å². The second-order valence-corrected chi connectivity index (χ2v) is 5.15. The number of carbonyl (C=O) groups is 1. The predicted octanol–water partition coefficient (Wildman–Crippen LogP) is 0.895. The van der Waals surface area contributed by atoms with Crippen molar-refractivity contribution in [2.45, 2.75) is 33.7 Å². The van der Waals surface area contributed by atoms with Crippen LogP contribution in [0.15, 0.2) is 17.3 Å². The number of carboxylic acid groups (broad SMARTS) is 1. The molecule has 0 saturated heterocycles. The molecule has 2 rings (SSSR count). The summed E-state index contributed by atoms with van der Waals surface area (Å²) in [4.78, 5) is 34.0. The minimum Gasteiger partial charge on any atom is -0.481 e. The van der Waals surface area contributed by atoms with Gasteiger partial charge in [0.25, 0.3) is 0 Å². The molecule has 21 heavy (non-hydrogen) atoms. The molecule has 0 aliphatic heterocycles. The maximum atomic E-state index is 12.1. The van der Waals surface area contributed by atoms with Gasteiger partial charge in [0, 0.05) is 17.6 Å². The molecular formula is C14H18N4O3. The second kappa shape index (κ2) is 5.90. The Morgan fingerprint density at radius 1 is 1.48 bits per heavy atom. The minimum atomic E-state index is -0.861. The number of aryl methyl sites for hydroxylation is 1. The molecule has 0 aliphatic carbocycles. The first-order valence-electron chi connectivity index (χ1n) is 6.67. The number of nitrogens with one attached hydrogen (secondary N) is 1. The quantitative estimate of drug-likeness (QED) is 0.851. The largest absolute Gasteiger partial charge is 0.481 e. The molecule has 112 valence electrons. The Morgan fingerprint density at radius 2 is 2.19 bits per heavy atom. The number of nitrogens with zero attached hydrogens (tertiary/aromatic N) is 3. The molecule has 0 saturated carbocycles. The van der Waals surface area contributed by atoms with Crippen molar-refractivity contribution in [2.24, 2.45) is 5.92 Å². The highest BCUT2D eigenvalue weighted by Crippen LogP contribution is 2.16. The van der Waals surface area contributed by atoms with Crippen LogP contribution in [0, 0.1) is 19.8 Å². The highest BCUT2D eigenvalue weighted by Gasteiger charge is 2.18. The smallest absolute Gasteiger partial charge is 0.348 e. The van der Waals surface area contributed by atoms with Crippen molar-refractivity contribution in [1.82, 2.24) is 19.5 Å². The highest BCUT2D eigenvalue weighted by molar-refractivity contribution is 5.70. The summed E-state index contributed by atoms with van der Waals surface area (Å²) >= 11 is 0. The zero-order chi connectivity index (χ0) is 15.6. The molecule has 0 aromatic carbocycles. The van der Waals surface area contributed by atoms with Crippen molar-refractivity contribution in [3.63, 3.8) is 0 Å². The van der Waals surface area contributed by atoms with Gasteiger partial charge < -0.3 is 10.1 Å². The monoisotopic (exact) mass is 290 g/mol. The minimum absolute atomic E-state index is 0.340. The van der Waals surface area contributed by atoms with Crippen LogP contribution < -0.4 is 5.69 Å². The van der Waals surface area contributed by atoms with Gasteiger partial charge in [-0.25, -0.2) is 9.78 Å². The summed E-state index contributed by atoms with van der Waals surface area (Å²) in [7, 11) is 0. The molecule has 0 radical (unpaired) electrons. The van der Waals surface area contributed by atoms with Crippen molar-refractivity contribution in [3.8, 4) is 0 Å². The average molecular weight is 290 g/mol. The lowest BCUT2D eigenvalue weighted by Gasteiger charge is -2.16. The van der Waals surface area contributed by atoms with Gasteiger partial charge in [-0.3, -0.25) is 9.36 Å². The summed E-state index contributed by atoms with van der Waals surface area (Å²) in [6.07, 6.45) is 3.54. The highest BCUT2D eigenvalue weighted by atomic mass is 16.4. The second-order valence-electron chi connectivity index (χ2n) is 5.15. The van der Waals surface area contributed by atoms with E-state index in [0.717, 1.165) is 17.0 Å². The fraction of sp³-hybridized carbons (Fsp3) is 0.429. The van der Waals surface area contributed by atoms with E-state index in [1.807, 2.05) is 6.92 Å². The van der Waals surface area contributed by atoms with Crippen LogP contribution in [0.3, 0.4) is 0 Å². The van der Waals surface area contributed by atoms with Crippen LogP contribution in [0.25, 0.3) is 0 Å². The number of carboxylic acids is 1. The van der Waals surface area contributed by atoms with E-state index in [2.05, 4.69) is 15.0 Å². The van der Waals surface area contributed by atoms with Gasteiger partial charge in [0.2, 0.25) is 0 Å². The molecule has 2 N–H and O–H groups in total. The van der Waals surface area contributed by atoms with E-state index >= 15 is 0 Å². The summed E-state index contributed by atoms with van der Waals surface area (Å²) in [5.74, 6) is -1.39. The van der Waals surface area contributed by atoms with Gasteiger partial charge in [0.05, 0.1) is 24.5 Å². The van der Waals surface area contributed by atoms with Gasteiger partial charge in [-0.05, 0) is 25.8 Å². The van der Waals surface area contributed by atoms with Gasteiger partial charge >= 0.3 is 11.7 Å². The fourth-order valence-electron chi connectivity index (χ4n) is 2.26. The number of aromatic amines is 1. The zero-order valence-electron chi connectivity index (χ0n) is 12.3. The Bertz CT molecular complexity index is 704. The summed E-state index contributed by atoms with van der Waals surface area (Å²) in [6, 6.07) is 0. The summed E-state index contributed by atoms with van der Waals surface area (Å²) in [6.45, 7) is 5.53. The molecule has 0 aliphatic rings. The van der Waals surface area contributed by atoms with Crippen LogP contribution in [0.5, 0.6) is 0 Å². The van der Waals surface area contributed by atoms with Crippen molar-refractivity contribution >= 4 is 5.97 Å². The molecule has 2 aromatic heterocycles. The summed E-state index contributed by atoms with van der Waals surface area (Å²) in [5.41, 5.74) is 2.60. The number of hydrogen-bond acceptors (Lipinski definition) is 4. The number of imidazole rings is 1. The van der Waals surface area contributed by atoms with Gasteiger partial charge in [-0.1, -0.05) is 6.92 Å². The third-order valence-corrected chi connectivity index (χ3v) is 3.59. The van der Waals surface area contributed by atoms with Gasteiger partial charge in [0.15, 0.2) is 0 Å². The first-order valence-corrected chi connectivity index (χ1v) is 6.67. The lowest BCUT2D eigenvalue weighted by atomic mass is 9.99. The molecule has 2 aromatic rings. The predicted molar refractivity (Wildman–Crippen MR) is 76.2 cm³/mol. The third kappa shape index (κ3) is 3.18. The molecule has 7 nitrogen and oxygen atoms in total. The van der Waals surface area contributed by atoms with Gasteiger partial charge in [-0.2, -0.15) is 4.98 Å². The molecule has 0 spiro atoms. The molecule has 1 atom stereocenters. The van der Waals surface area contributed by atoms with Crippen molar-refractivity contribution in [3.05, 3.63) is 45.7 Å². The van der Waals surface area contributed by atoms with Crippen LogP contribution in [0.1, 0.15) is 29.6 Å². The average Bonchev–Trinajstić information content (AvgIpc) is 2.92. The van der Waals surface area contributed by atoms with E-state index in [9.17, 15) is 9.59 Å². The number of H-pyrrole nitrogens is 1. The Labute approximate surface area is 121 Å². The maximum absolute atomic E-state index is 12.1. The molecule has 0 bridgehead atoms. The first kappa shape index (κ1) is 15.0. The first-order chi connectivity index (χ1) is 9.90. The molecule has 0 amide bonds. The number of rotatable bonds is 5. The molecular weight excluding hydrogens is 272 g/mol. The number of hydrogen-bond donors (Lipinski definition) is 2. The lowest BCUT2D eigenvalue weighted by Crippen LogP contribution is -2.29. The maximum Gasteiger partial charge on any atom is 0.348 e. The van der Waals surface area contributed by atoms with E-state index in [1.165, 1.54) is 4.57 Å². The molecule has 2 heterocycles. The van der Waals surface area contributed by atoms with Crippen LogP contribution in [0.2, 0.25) is 0 Å². The summed E-state index contributed by atoms with van der Waals surface area (Å²) in [5, 5.41) is 9.05. The van der Waals surface area contributed by atoms with E-state index in [4.69, 9.17) is 5.11 Å². The van der Waals surface area contributed by atoms with Crippen molar-refractivity contribution in [2.75, 3.05) is 0 Å². The van der Waals surface area contributed by atoms with Gasteiger partial charge in [0.1, 0.15) is 0 Å². The number of aliphatic carboxylic acids is 1. The Morgan fingerprint density at radius 3 is 2.76 bits per heavy atom. The van der Waals surface area contributed by atoms with E-state index < -0.39 is 11.9 Å². The molecule has 7 heteroatoms. The van der Waals surface area contributed by atoms with E-state index in [-0.39, 0.29) is 5.69 Å². The van der Waals surface area contributed by atoms with Crippen LogP contribution in [0.4, 0.5) is 0 Å².